The number of anilines is 1. The van der Waals surface area contributed by atoms with Gasteiger partial charge in [0, 0.05) is 50.2 Å². The number of hydrogen-bond donors (Lipinski definition) is 1. The lowest BCUT2D eigenvalue weighted by atomic mass is 10.1. The van der Waals surface area contributed by atoms with E-state index in [2.05, 4.69) is 15.3 Å². The Labute approximate surface area is 150 Å². The first-order chi connectivity index (χ1) is 12.5. The zero-order valence-corrected chi connectivity index (χ0v) is 14.5. The summed E-state index contributed by atoms with van der Waals surface area (Å²) in [5.74, 6) is -0.655. The van der Waals surface area contributed by atoms with E-state index >= 15 is 0 Å². The molecule has 2 heterocycles. The topological polar surface area (TPSA) is 61.4 Å². The van der Waals surface area contributed by atoms with Gasteiger partial charge in [0.25, 0.3) is 0 Å². The standard InChI is InChI=1S/C18H21F2N5O/c1-13(15-5-4-14(19)12-16(15)20)23-18(26)25-9-3-8-24(10-11-25)17-21-6-2-7-22-17/h2,4-7,12-13H,3,8-11H2,1H3,(H,23,26)/t13-/m0/s1. The van der Waals surface area contributed by atoms with Gasteiger partial charge >= 0.3 is 6.03 Å². The fourth-order valence-corrected chi connectivity index (χ4v) is 2.98. The molecule has 0 unspecified atom stereocenters. The summed E-state index contributed by atoms with van der Waals surface area (Å²) in [7, 11) is 0. The van der Waals surface area contributed by atoms with Crippen molar-refractivity contribution in [1.29, 1.82) is 0 Å². The second-order valence-electron chi connectivity index (χ2n) is 6.21. The molecular formula is C18H21F2N5O. The van der Waals surface area contributed by atoms with Gasteiger partial charge in [-0.3, -0.25) is 0 Å². The van der Waals surface area contributed by atoms with Crippen LogP contribution in [0.2, 0.25) is 0 Å². The second kappa shape index (κ2) is 8.07. The molecule has 1 aromatic heterocycles. The predicted octanol–water partition coefficient (Wildman–Crippen LogP) is 2.74. The smallest absolute Gasteiger partial charge is 0.317 e. The van der Waals surface area contributed by atoms with E-state index in [1.807, 2.05) is 4.90 Å². The van der Waals surface area contributed by atoms with Crippen LogP contribution in [0.4, 0.5) is 19.5 Å². The average Bonchev–Trinajstić information content (AvgIpc) is 2.88. The molecular weight excluding hydrogens is 340 g/mol. The summed E-state index contributed by atoms with van der Waals surface area (Å²) in [5.41, 5.74) is 0.258. The molecule has 26 heavy (non-hydrogen) atoms. The normalized spacial score (nSPS) is 16.1. The molecule has 1 fully saturated rings. The fourth-order valence-electron chi connectivity index (χ4n) is 2.98. The first kappa shape index (κ1) is 18.0. The summed E-state index contributed by atoms with van der Waals surface area (Å²) >= 11 is 0. The number of nitrogens with zero attached hydrogens (tertiary/aromatic N) is 4. The summed E-state index contributed by atoms with van der Waals surface area (Å²) in [4.78, 5) is 24.7. The highest BCUT2D eigenvalue weighted by Gasteiger charge is 2.22. The van der Waals surface area contributed by atoms with E-state index in [1.165, 1.54) is 12.1 Å². The van der Waals surface area contributed by atoms with E-state index in [1.54, 1.807) is 30.3 Å². The molecule has 6 nitrogen and oxygen atoms in total. The van der Waals surface area contributed by atoms with E-state index in [0.717, 1.165) is 19.0 Å². The highest BCUT2D eigenvalue weighted by atomic mass is 19.1. The molecule has 3 rings (SSSR count). The van der Waals surface area contributed by atoms with Crippen LogP contribution in [-0.4, -0.2) is 47.1 Å². The van der Waals surface area contributed by atoms with Gasteiger partial charge in [0.2, 0.25) is 5.95 Å². The lowest BCUT2D eigenvalue weighted by Crippen LogP contribution is -2.43. The SMILES string of the molecule is C[C@H](NC(=O)N1CCCN(c2ncccn2)CC1)c1ccc(F)cc1F. The number of carbonyl (C=O) groups excluding carboxylic acids is 1. The monoisotopic (exact) mass is 361 g/mol. The second-order valence-corrected chi connectivity index (χ2v) is 6.21. The van der Waals surface area contributed by atoms with Crippen molar-refractivity contribution in [3.8, 4) is 0 Å². The summed E-state index contributed by atoms with van der Waals surface area (Å²) in [6.45, 7) is 4.17. The van der Waals surface area contributed by atoms with Crippen LogP contribution in [0.5, 0.6) is 0 Å². The van der Waals surface area contributed by atoms with Crippen LogP contribution < -0.4 is 10.2 Å². The minimum Gasteiger partial charge on any atom is -0.339 e. The van der Waals surface area contributed by atoms with Crippen LogP contribution in [-0.2, 0) is 0 Å². The molecule has 0 aliphatic carbocycles. The minimum atomic E-state index is -0.666. The Morgan fingerprint density at radius 2 is 1.92 bits per heavy atom. The Balaban J connectivity index is 1.59. The molecule has 2 amide bonds. The molecule has 1 N–H and O–H groups in total. The number of aromatic nitrogens is 2. The quantitative estimate of drug-likeness (QED) is 0.913. The maximum atomic E-state index is 13.9. The van der Waals surface area contributed by atoms with Crippen LogP contribution in [0.1, 0.15) is 24.9 Å². The molecule has 1 atom stereocenters. The van der Waals surface area contributed by atoms with Crippen molar-refractivity contribution in [3.05, 3.63) is 53.9 Å². The Kier molecular flexibility index (Phi) is 5.60. The summed E-state index contributed by atoms with van der Waals surface area (Å²) in [6.07, 6.45) is 4.16. The van der Waals surface area contributed by atoms with Gasteiger partial charge in [0.1, 0.15) is 11.6 Å². The number of nitrogens with one attached hydrogen (secondary N) is 1. The van der Waals surface area contributed by atoms with E-state index in [-0.39, 0.29) is 11.6 Å². The Morgan fingerprint density at radius 3 is 2.65 bits per heavy atom. The van der Waals surface area contributed by atoms with Gasteiger partial charge in [-0.05, 0) is 25.5 Å². The van der Waals surface area contributed by atoms with Gasteiger partial charge in [0.05, 0.1) is 6.04 Å². The number of halogens is 2. The highest BCUT2D eigenvalue weighted by molar-refractivity contribution is 5.74. The first-order valence-corrected chi connectivity index (χ1v) is 8.57. The zero-order chi connectivity index (χ0) is 18.5. The molecule has 1 saturated heterocycles. The van der Waals surface area contributed by atoms with Gasteiger partial charge in [0.15, 0.2) is 0 Å². The maximum absolute atomic E-state index is 13.9. The lowest BCUT2D eigenvalue weighted by Gasteiger charge is -2.24. The molecule has 0 bridgehead atoms. The number of amides is 2. The molecule has 0 spiro atoms. The van der Waals surface area contributed by atoms with E-state index < -0.39 is 17.7 Å². The van der Waals surface area contributed by atoms with E-state index in [0.29, 0.717) is 25.6 Å². The Morgan fingerprint density at radius 1 is 1.15 bits per heavy atom. The molecule has 138 valence electrons. The van der Waals surface area contributed by atoms with Crippen molar-refractivity contribution in [2.75, 3.05) is 31.1 Å². The van der Waals surface area contributed by atoms with Gasteiger partial charge in [-0.15, -0.1) is 0 Å². The summed E-state index contributed by atoms with van der Waals surface area (Å²) < 4.78 is 26.9. The number of hydrogen-bond acceptors (Lipinski definition) is 4. The van der Waals surface area contributed by atoms with Crippen molar-refractivity contribution in [2.24, 2.45) is 0 Å². The molecule has 2 aromatic rings. The number of rotatable bonds is 3. The van der Waals surface area contributed by atoms with Crippen molar-refractivity contribution in [3.63, 3.8) is 0 Å². The van der Waals surface area contributed by atoms with Gasteiger partial charge in [-0.25, -0.2) is 23.5 Å². The number of benzene rings is 1. The van der Waals surface area contributed by atoms with E-state index in [4.69, 9.17) is 0 Å². The molecule has 1 aliphatic rings. The largest absolute Gasteiger partial charge is 0.339 e. The van der Waals surface area contributed by atoms with Crippen molar-refractivity contribution < 1.29 is 13.6 Å². The van der Waals surface area contributed by atoms with Gasteiger partial charge in [-0.1, -0.05) is 6.07 Å². The average molecular weight is 361 g/mol. The van der Waals surface area contributed by atoms with Gasteiger partial charge < -0.3 is 15.1 Å². The first-order valence-electron chi connectivity index (χ1n) is 8.57. The van der Waals surface area contributed by atoms with Crippen molar-refractivity contribution in [2.45, 2.75) is 19.4 Å². The summed E-state index contributed by atoms with van der Waals surface area (Å²) in [6, 6.07) is 4.30. The third-order valence-corrected chi connectivity index (χ3v) is 4.39. The Bertz CT molecular complexity index is 759. The van der Waals surface area contributed by atoms with Crippen LogP contribution in [0, 0.1) is 11.6 Å². The predicted molar refractivity (Wildman–Crippen MR) is 93.7 cm³/mol. The minimum absolute atomic E-state index is 0.258. The van der Waals surface area contributed by atoms with Crippen LogP contribution >= 0.6 is 0 Å². The number of carbonyl (C=O) groups is 1. The van der Waals surface area contributed by atoms with Crippen molar-refractivity contribution in [1.82, 2.24) is 20.2 Å². The molecule has 0 radical (unpaired) electrons. The number of urea groups is 1. The lowest BCUT2D eigenvalue weighted by molar-refractivity contribution is 0.198. The molecule has 0 saturated carbocycles. The van der Waals surface area contributed by atoms with E-state index in [9.17, 15) is 13.6 Å². The maximum Gasteiger partial charge on any atom is 0.317 e. The van der Waals surface area contributed by atoms with Crippen LogP contribution in [0.3, 0.4) is 0 Å². The third kappa shape index (κ3) is 4.25. The van der Waals surface area contributed by atoms with Crippen LogP contribution in [0.15, 0.2) is 36.7 Å². The zero-order valence-electron chi connectivity index (χ0n) is 14.5. The summed E-state index contributed by atoms with van der Waals surface area (Å²) in [5, 5.41) is 2.78. The van der Waals surface area contributed by atoms with Crippen LogP contribution in [0.25, 0.3) is 0 Å². The molecule has 8 heteroatoms. The highest BCUT2D eigenvalue weighted by Crippen LogP contribution is 2.18. The molecule has 1 aliphatic heterocycles. The van der Waals surface area contributed by atoms with Gasteiger partial charge in [-0.2, -0.15) is 0 Å². The van der Waals surface area contributed by atoms with Crippen molar-refractivity contribution >= 4 is 12.0 Å². The fraction of sp³-hybridized carbons (Fsp3) is 0.389. The third-order valence-electron chi connectivity index (χ3n) is 4.39. The molecule has 1 aromatic carbocycles. The Hall–Kier alpha value is -2.77.